The van der Waals surface area contributed by atoms with Gasteiger partial charge in [0.1, 0.15) is 0 Å². The van der Waals surface area contributed by atoms with E-state index in [1.807, 2.05) is 36.7 Å². The zero-order chi connectivity index (χ0) is 24.1. The molecule has 2 N–H and O–H groups in total. The molecule has 1 aromatic carbocycles. The monoisotopic (exact) mass is 528 g/mol. The number of nitroso groups, excluding NO2 is 1. The smallest absolute Gasteiger partial charge is 0.235 e. The second-order valence-corrected chi connectivity index (χ2v) is 11.5. The van der Waals surface area contributed by atoms with Gasteiger partial charge in [0.25, 0.3) is 0 Å². The van der Waals surface area contributed by atoms with Crippen LogP contribution in [0.15, 0.2) is 34.8 Å². The average Bonchev–Trinajstić information content (AvgIpc) is 3.35. The molecule has 3 saturated carbocycles. The Kier molecular flexibility index (Phi) is 6.07. The fraction of sp³-hybridized carbons (Fsp3) is 0.615. The summed E-state index contributed by atoms with van der Waals surface area (Å²) in [5.41, 5.74) is 2.83. The molecule has 2 aromatic rings. The van der Waals surface area contributed by atoms with Crippen molar-refractivity contribution in [2.45, 2.75) is 58.0 Å². The molecule has 182 valence electrons. The summed E-state index contributed by atoms with van der Waals surface area (Å²) in [7, 11) is 1.67. The molecule has 34 heavy (non-hydrogen) atoms. The average molecular weight is 530 g/mol. The van der Waals surface area contributed by atoms with E-state index < -0.39 is 5.54 Å². The number of halogens is 1. The Morgan fingerprint density at radius 3 is 2.59 bits per heavy atom. The number of amides is 1. The van der Waals surface area contributed by atoms with Crippen LogP contribution in [-0.4, -0.2) is 46.1 Å². The lowest BCUT2D eigenvalue weighted by Gasteiger charge is -2.36. The molecule has 7 nitrogen and oxygen atoms in total. The third-order valence-corrected chi connectivity index (χ3v) is 9.47. The highest BCUT2D eigenvalue weighted by Crippen LogP contribution is 2.76. The van der Waals surface area contributed by atoms with E-state index in [1.54, 1.807) is 7.05 Å². The lowest BCUT2D eigenvalue weighted by molar-refractivity contribution is -0.619. The molecule has 0 aliphatic heterocycles. The summed E-state index contributed by atoms with van der Waals surface area (Å²) in [6, 6.07) is 10.2. The minimum absolute atomic E-state index is 0.0129. The van der Waals surface area contributed by atoms with Crippen molar-refractivity contribution < 1.29 is 9.55 Å². The van der Waals surface area contributed by atoms with Crippen LogP contribution in [0.2, 0.25) is 0 Å². The highest BCUT2D eigenvalue weighted by Gasteiger charge is 2.79. The molecule has 1 spiro atoms. The van der Waals surface area contributed by atoms with E-state index in [0.29, 0.717) is 36.8 Å². The van der Waals surface area contributed by atoms with Gasteiger partial charge in [0.05, 0.1) is 18.2 Å². The fourth-order valence-electron chi connectivity index (χ4n) is 7.37. The molecule has 2 bridgehead atoms. The molecule has 1 amide bonds. The number of aromatic nitrogens is 2. The van der Waals surface area contributed by atoms with Crippen molar-refractivity contribution in [1.29, 1.82) is 0 Å². The highest BCUT2D eigenvalue weighted by atomic mass is 79.9. The van der Waals surface area contributed by atoms with E-state index in [0.717, 1.165) is 34.5 Å². The summed E-state index contributed by atoms with van der Waals surface area (Å²) in [6.45, 7) is 5.68. The Morgan fingerprint density at radius 2 is 1.97 bits per heavy atom. The Morgan fingerprint density at radius 1 is 1.24 bits per heavy atom. The lowest BCUT2D eigenvalue weighted by Crippen LogP contribution is -2.59. The summed E-state index contributed by atoms with van der Waals surface area (Å²) in [4.78, 5) is 26.2. The summed E-state index contributed by atoms with van der Waals surface area (Å²) < 4.78 is 4.13. The van der Waals surface area contributed by atoms with Crippen molar-refractivity contribution in [3.05, 3.63) is 51.1 Å². The Balaban J connectivity index is 1.31. The molecule has 5 rings (SSSR count). The van der Waals surface area contributed by atoms with E-state index in [9.17, 15) is 9.70 Å². The molecule has 8 heteroatoms. The Bertz CT molecular complexity index is 1090. The minimum atomic E-state index is -0.560. The van der Waals surface area contributed by atoms with Crippen LogP contribution in [0, 0.1) is 41.9 Å². The third kappa shape index (κ3) is 3.88. The van der Waals surface area contributed by atoms with Gasteiger partial charge in [0, 0.05) is 50.9 Å². The third-order valence-electron chi connectivity index (χ3n) is 8.94. The summed E-state index contributed by atoms with van der Waals surface area (Å²) in [5, 5.41) is 11.2. The molecule has 3 aliphatic rings. The van der Waals surface area contributed by atoms with Crippen LogP contribution in [0.4, 0.5) is 5.69 Å². The van der Waals surface area contributed by atoms with Crippen LogP contribution in [0.1, 0.15) is 43.5 Å². The topological polar surface area (TPSA) is 79.0 Å². The first kappa shape index (κ1) is 23.5. The van der Waals surface area contributed by atoms with Gasteiger partial charge in [0.2, 0.25) is 11.4 Å². The molecule has 4 unspecified atom stereocenters. The number of carbonyl (C=O) groups excluding carboxylic acids is 1. The van der Waals surface area contributed by atoms with Crippen molar-refractivity contribution in [2.24, 2.45) is 23.2 Å². The predicted molar refractivity (Wildman–Crippen MR) is 136 cm³/mol. The first-order valence-corrected chi connectivity index (χ1v) is 13.2. The van der Waals surface area contributed by atoms with Gasteiger partial charge < -0.3 is 10.6 Å². The number of hydrogen-bond donors (Lipinski definition) is 2. The fourth-order valence-corrected chi connectivity index (χ4v) is 7.63. The van der Waals surface area contributed by atoms with E-state index >= 15 is 0 Å². The van der Waals surface area contributed by atoms with Crippen LogP contribution in [0.25, 0.3) is 0 Å². The van der Waals surface area contributed by atoms with Gasteiger partial charge in [0.15, 0.2) is 7.05 Å². The number of rotatable bonds is 9. The first-order chi connectivity index (χ1) is 16.3. The maximum absolute atomic E-state index is 13.3. The van der Waals surface area contributed by atoms with Crippen LogP contribution >= 0.6 is 15.9 Å². The zero-order valence-electron chi connectivity index (χ0n) is 20.3. The molecule has 0 radical (unpaired) electrons. The van der Waals surface area contributed by atoms with E-state index in [1.165, 1.54) is 24.0 Å². The second-order valence-electron chi connectivity index (χ2n) is 10.6. The van der Waals surface area contributed by atoms with Gasteiger partial charge in [-0.3, -0.25) is 9.48 Å². The van der Waals surface area contributed by atoms with Crippen molar-refractivity contribution in [3.8, 4) is 0 Å². The molecule has 1 heterocycles. The maximum atomic E-state index is 13.3. The number of aryl methyl sites for hydroxylation is 3. The molecule has 4 atom stereocenters. The maximum Gasteiger partial charge on any atom is 0.235 e. The number of carbonyl (C=O) groups is 1. The number of hydrogen-bond acceptors (Lipinski definition) is 4. The van der Waals surface area contributed by atoms with Crippen LogP contribution in [0.3, 0.4) is 0 Å². The lowest BCUT2D eigenvalue weighted by atomic mass is 9.72. The molecule has 1 aromatic heterocycles. The Labute approximate surface area is 209 Å². The van der Waals surface area contributed by atoms with Gasteiger partial charge in [-0.25, -0.2) is 0 Å². The van der Waals surface area contributed by atoms with Gasteiger partial charge >= 0.3 is 0 Å². The SMILES string of the molecule is Cc1cc(C)n(CCC(=O)NCC2([N+](C)=O)C(CNc3ccc(Br)cc3)C3CCC2C32CC2)n1. The van der Waals surface area contributed by atoms with Crippen LogP contribution in [0.5, 0.6) is 0 Å². The largest absolute Gasteiger partial charge is 0.384 e. The van der Waals surface area contributed by atoms with E-state index in [2.05, 4.69) is 43.8 Å². The predicted octanol–water partition coefficient (Wildman–Crippen LogP) is 4.46. The number of nitrogens with one attached hydrogen (secondary N) is 2. The van der Waals surface area contributed by atoms with Gasteiger partial charge in [-0.2, -0.15) is 5.10 Å². The number of benzene rings is 1. The molecular formula is C26H35BrN5O2+. The zero-order valence-corrected chi connectivity index (χ0v) is 21.9. The van der Waals surface area contributed by atoms with Crippen LogP contribution in [-0.2, 0) is 11.3 Å². The van der Waals surface area contributed by atoms with Crippen LogP contribution < -0.4 is 10.6 Å². The first-order valence-electron chi connectivity index (χ1n) is 12.4. The van der Waals surface area contributed by atoms with Crippen molar-refractivity contribution in [1.82, 2.24) is 15.1 Å². The number of likely N-dealkylation sites (N-methyl/N-ethyl adjacent to an activating group) is 1. The molecular weight excluding hydrogens is 494 g/mol. The van der Waals surface area contributed by atoms with Crippen molar-refractivity contribution in [3.63, 3.8) is 0 Å². The van der Waals surface area contributed by atoms with Gasteiger partial charge in [-0.05, 0) is 81.2 Å². The molecule has 3 fully saturated rings. The van der Waals surface area contributed by atoms with Gasteiger partial charge in [-0.15, -0.1) is 0 Å². The standard InChI is InChI=1S/C26H34BrN5O2/c1-17-14-18(2)32(30-17)13-10-24(33)29-16-26(31(3)34)22(15-28-20-6-4-19(27)5-7-20)21-8-9-23(26)25(21)11-12-25/h4-7,14,21-23,28H,8-13,15-16H2,1-3H3/p+1. The van der Waals surface area contributed by atoms with E-state index in [4.69, 9.17) is 0 Å². The van der Waals surface area contributed by atoms with E-state index in [-0.39, 0.29) is 11.8 Å². The Hall–Kier alpha value is -2.22. The van der Waals surface area contributed by atoms with Crippen molar-refractivity contribution in [2.75, 3.05) is 25.5 Å². The number of anilines is 1. The highest BCUT2D eigenvalue weighted by molar-refractivity contribution is 9.10. The summed E-state index contributed by atoms with van der Waals surface area (Å²) in [6.07, 6.45) is 5.09. The summed E-state index contributed by atoms with van der Waals surface area (Å²) >= 11 is 3.49. The summed E-state index contributed by atoms with van der Waals surface area (Å²) in [5.74, 6) is 1.08. The number of nitrogens with zero attached hydrogens (tertiary/aromatic N) is 3. The second kappa shape index (κ2) is 8.77. The van der Waals surface area contributed by atoms with Gasteiger partial charge in [-0.1, -0.05) is 15.9 Å². The van der Waals surface area contributed by atoms with Crippen molar-refractivity contribution >= 4 is 27.5 Å². The molecule has 0 saturated heterocycles. The molecule has 3 aliphatic carbocycles. The quantitative estimate of drug-likeness (QED) is 0.470. The minimum Gasteiger partial charge on any atom is -0.384 e. The normalized spacial score (nSPS) is 28.3.